The predicted octanol–water partition coefficient (Wildman–Crippen LogP) is 5.72. The first-order valence-corrected chi connectivity index (χ1v) is 16.7. The van der Waals surface area contributed by atoms with Crippen molar-refractivity contribution in [1.82, 2.24) is 0 Å². The summed E-state index contributed by atoms with van der Waals surface area (Å²) >= 11 is 0. The molecule has 0 aliphatic carbocycles. The zero-order valence-electron chi connectivity index (χ0n) is 23.6. The summed E-state index contributed by atoms with van der Waals surface area (Å²) in [4.78, 5) is 21.4. The first-order chi connectivity index (χ1) is 20.6. The third-order valence-corrected chi connectivity index (χ3v) is 11.3. The Morgan fingerprint density at radius 1 is 0.605 bits per heavy atom. The van der Waals surface area contributed by atoms with E-state index < -0.39 is 29.3 Å². The normalized spacial score (nSPS) is 10.7. The van der Waals surface area contributed by atoms with Gasteiger partial charge in [-0.1, -0.05) is 78.9 Å². The van der Waals surface area contributed by atoms with Gasteiger partial charge in [0.1, 0.15) is 23.2 Å². The molecule has 0 fully saturated rings. The largest absolute Gasteiger partial charge is 0.478 e. The number of ether oxygens (including phenoxy) is 1. The lowest BCUT2D eigenvalue weighted by Crippen LogP contribution is -2.30. The van der Waals surface area contributed by atoms with E-state index in [9.17, 15) is 18.0 Å². The second-order valence-corrected chi connectivity index (χ2v) is 14.2. The highest BCUT2D eigenvalue weighted by molar-refractivity contribution is 7.95. The second-order valence-electron chi connectivity index (χ2n) is 9.18. The van der Waals surface area contributed by atoms with Crippen molar-refractivity contribution in [3.8, 4) is 0 Å². The lowest BCUT2D eigenvalue weighted by Gasteiger charge is -2.22. The van der Waals surface area contributed by atoms with Crippen LogP contribution >= 0.6 is 7.26 Å². The molecule has 0 bridgehead atoms. The molecule has 0 aliphatic heterocycles. The number of hydrogen-bond acceptors (Lipinski definition) is 5. The van der Waals surface area contributed by atoms with Gasteiger partial charge in [-0.3, -0.25) is 4.55 Å². The van der Waals surface area contributed by atoms with Gasteiger partial charge in [-0.25, -0.2) is 9.59 Å². The molecule has 0 aromatic heterocycles. The summed E-state index contributed by atoms with van der Waals surface area (Å²) in [6.07, 6.45) is 0. The predicted molar refractivity (Wildman–Crippen MR) is 172 cm³/mol. The minimum atomic E-state index is -4.00. The van der Waals surface area contributed by atoms with E-state index in [1.54, 1.807) is 18.2 Å². The molecule has 0 saturated heterocycles. The van der Waals surface area contributed by atoms with Gasteiger partial charge in [-0.05, 0) is 66.7 Å². The fourth-order valence-corrected chi connectivity index (χ4v) is 7.82. The molecule has 0 atom stereocenters. The molecule has 5 aromatic carbocycles. The minimum absolute atomic E-state index is 0.0721. The van der Waals surface area contributed by atoms with Crippen molar-refractivity contribution in [3.63, 3.8) is 0 Å². The molecule has 0 aliphatic rings. The topological polar surface area (TPSA) is 118 Å². The molecular formula is C34H32O7PS+. The Bertz CT molecular complexity index is 1620. The number of methoxy groups -OCH3 is 1. The monoisotopic (exact) mass is 615 g/mol. The summed E-state index contributed by atoms with van der Waals surface area (Å²) in [7, 11) is -4.28. The lowest BCUT2D eigenvalue weighted by atomic mass is 10.1. The van der Waals surface area contributed by atoms with Crippen LogP contribution in [0.2, 0.25) is 0 Å². The van der Waals surface area contributed by atoms with Gasteiger partial charge >= 0.3 is 11.9 Å². The quantitative estimate of drug-likeness (QED) is 0.143. The summed E-state index contributed by atoms with van der Waals surface area (Å²) in [5.41, 5.74) is 0.310. The third kappa shape index (κ3) is 9.18. The number of carbonyl (C=O) groups is 2. The molecule has 7 nitrogen and oxygen atoms in total. The minimum Gasteiger partial charge on any atom is -0.478 e. The van der Waals surface area contributed by atoms with Crippen molar-refractivity contribution in [2.75, 3.05) is 13.8 Å². The SMILES string of the molecule is COC(=O)c1cccc(C(=O)O)c1.C[P+](c1ccccc1)(c1ccccc1)c1ccccc1.O=S(=O)(O)c1ccccc1. The van der Waals surface area contributed by atoms with Crippen molar-refractivity contribution >= 4 is 45.2 Å². The lowest BCUT2D eigenvalue weighted by molar-refractivity contribution is 0.0600. The van der Waals surface area contributed by atoms with Crippen molar-refractivity contribution in [3.05, 3.63) is 157 Å². The highest BCUT2D eigenvalue weighted by Gasteiger charge is 2.39. The third-order valence-electron chi connectivity index (χ3n) is 6.39. The maximum Gasteiger partial charge on any atom is 0.337 e. The molecule has 2 N–H and O–H groups in total. The molecule has 0 unspecified atom stereocenters. The summed E-state index contributed by atoms with van der Waals surface area (Å²) in [6.45, 7) is 2.41. The summed E-state index contributed by atoms with van der Waals surface area (Å²) in [5, 5.41) is 12.9. The van der Waals surface area contributed by atoms with Crippen LogP contribution in [0.4, 0.5) is 0 Å². The van der Waals surface area contributed by atoms with Crippen LogP contribution < -0.4 is 15.9 Å². The maximum absolute atomic E-state index is 11.0. The van der Waals surface area contributed by atoms with Crippen LogP contribution in [0.3, 0.4) is 0 Å². The van der Waals surface area contributed by atoms with E-state index in [4.69, 9.17) is 9.66 Å². The Hall–Kier alpha value is -4.62. The van der Waals surface area contributed by atoms with E-state index in [1.807, 2.05) is 0 Å². The first kappa shape index (κ1) is 32.9. The Balaban J connectivity index is 0.000000190. The molecule has 5 aromatic rings. The number of carbonyl (C=O) groups excluding carboxylic acids is 1. The van der Waals surface area contributed by atoms with Gasteiger partial charge in [0.15, 0.2) is 0 Å². The Kier molecular flexibility index (Phi) is 11.9. The average Bonchev–Trinajstić information content (AvgIpc) is 3.06. The Morgan fingerprint density at radius 2 is 0.977 bits per heavy atom. The average molecular weight is 616 g/mol. The molecule has 0 amide bonds. The van der Waals surface area contributed by atoms with E-state index in [0.717, 1.165) is 0 Å². The van der Waals surface area contributed by atoms with Crippen LogP contribution in [-0.2, 0) is 14.9 Å². The van der Waals surface area contributed by atoms with Gasteiger partial charge in [-0.15, -0.1) is 0 Å². The van der Waals surface area contributed by atoms with Crippen molar-refractivity contribution in [1.29, 1.82) is 0 Å². The number of carboxylic acid groups (broad SMARTS) is 1. The highest BCUT2D eigenvalue weighted by atomic mass is 32.2. The fourth-order valence-electron chi connectivity index (χ4n) is 4.12. The standard InChI is InChI=1S/C19H18P.C9H8O4.C6H6O3S/c1-20(17-11-5-2-6-12-17,18-13-7-3-8-14-18)19-15-9-4-10-16-19;1-13-9(12)7-4-2-3-6(5-7)8(10)11;7-10(8,9)6-4-2-1-3-5-6/h2-16H,1H3;2-5H,1H3,(H,10,11);1-5H,(H,7,8,9)/q+1;;. The summed E-state index contributed by atoms with van der Waals surface area (Å²) in [6, 6.07) is 45.7. The van der Waals surface area contributed by atoms with E-state index >= 15 is 0 Å². The molecule has 43 heavy (non-hydrogen) atoms. The van der Waals surface area contributed by atoms with Gasteiger partial charge in [0, 0.05) is 0 Å². The number of hydrogen-bond donors (Lipinski definition) is 2. The number of carboxylic acids is 1. The zero-order chi connectivity index (χ0) is 31.3. The molecule has 0 spiro atoms. The first-order valence-electron chi connectivity index (χ1n) is 13.0. The molecule has 5 rings (SSSR count). The van der Waals surface area contributed by atoms with Crippen LogP contribution in [0.25, 0.3) is 0 Å². The van der Waals surface area contributed by atoms with Gasteiger partial charge in [0.25, 0.3) is 10.1 Å². The van der Waals surface area contributed by atoms with Gasteiger partial charge in [-0.2, -0.15) is 8.42 Å². The molecular weight excluding hydrogens is 583 g/mol. The van der Waals surface area contributed by atoms with Crippen LogP contribution in [0.5, 0.6) is 0 Å². The van der Waals surface area contributed by atoms with E-state index in [-0.39, 0.29) is 16.0 Å². The van der Waals surface area contributed by atoms with E-state index in [1.165, 1.54) is 59.4 Å². The van der Waals surface area contributed by atoms with E-state index in [2.05, 4.69) is 102 Å². The van der Waals surface area contributed by atoms with Crippen molar-refractivity contribution < 1.29 is 32.4 Å². The number of benzene rings is 5. The summed E-state index contributed by atoms with van der Waals surface area (Å²) < 4.78 is 33.7. The number of rotatable bonds is 6. The molecule has 9 heteroatoms. The molecule has 0 radical (unpaired) electrons. The van der Waals surface area contributed by atoms with Gasteiger partial charge < -0.3 is 9.84 Å². The smallest absolute Gasteiger partial charge is 0.337 e. The van der Waals surface area contributed by atoms with Crippen LogP contribution in [0.15, 0.2) is 150 Å². The maximum atomic E-state index is 11.0. The molecule has 220 valence electrons. The highest BCUT2D eigenvalue weighted by Crippen LogP contribution is 2.51. The Labute approximate surface area is 252 Å². The number of aromatic carboxylic acids is 1. The summed E-state index contributed by atoms with van der Waals surface area (Å²) in [5.74, 6) is -1.60. The van der Waals surface area contributed by atoms with Gasteiger partial charge in [0.2, 0.25) is 0 Å². The fraction of sp³-hybridized carbons (Fsp3) is 0.0588. The Morgan fingerprint density at radius 3 is 1.30 bits per heavy atom. The molecule has 0 saturated carbocycles. The second kappa shape index (κ2) is 15.6. The van der Waals surface area contributed by atoms with E-state index in [0.29, 0.717) is 0 Å². The van der Waals surface area contributed by atoms with Crippen LogP contribution in [0, 0.1) is 0 Å². The number of esters is 1. The zero-order valence-corrected chi connectivity index (χ0v) is 25.4. The molecule has 0 heterocycles. The van der Waals surface area contributed by atoms with Crippen molar-refractivity contribution in [2.24, 2.45) is 0 Å². The van der Waals surface area contributed by atoms with Crippen LogP contribution in [0.1, 0.15) is 20.7 Å². The van der Waals surface area contributed by atoms with Gasteiger partial charge in [0.05, 0.1) is 29.8 Å². The van der Waals surface area contributed by atoms with Crippen LogP contribution in [-0.4, -0.2) is 43.8 Å². The van der Waals surface area contributed by atoms with Crippen molar-refractivity contribution in [2.45, 2.75) is 4.90 Å².